The molecule has 0 spiro atoms. The van der Waals surface area contributed by atoms with Crippen LogP contribution in [0.1, 0.15) is 10.5 Å². The minimum atomic E-state index is -0.670. The summed E-state index contributed by atoms with van der Waals surface area (Å²) in [4.78, 5) is 27.3. The van der Waals surface area contributed by atoms with Gasteiger partial charge in [0.2, 0.25) is 0 Å². The fourth-order valence-corrected chi connectivity index (χ4v) is 4.98. The molecule has 1 aliphatic rings. The van der Waals surface area contributed by atoms with Crippen LogP contribution >= 0.6 is 15.9 Å². The predicted octanol–water partition coefficient (Wildman–Crippen LogP) is 3.22. The zero-order chi connectivity index (χ0) is 26.0. The Balaban J connectivity index is 2.22. The molecule has 0 unspecified atom stereocenters. The number of halogens is 1. The van der Waals surface area contributed by atoms with Crippen molar-refractivity contribution < 1.29 is 33.2 Å². The van der Waals surface area contributed by atoms with Crippen LogP contribution < -0.4 is 29.5 Å². The van der Waals surface area contributed by atoms with E-state index in [9.17, 15) is 9.59 Å². The second-order valence-corrected chi connectivity index (χ2v) is 8.70. The van der Waals surface area contributed by atoms with E-state index in [0.717, 1.165) is 0 Å². The van der Waals surface area contributed by atoms with E-state index < -0.39 is 11.5 Å². The summed E-state index contributed by atoms with van der Waals surface area (Å²) in [5.74, 6) is 1.06. The number of nitrogens with zero attached hydrogens (tertiary/aromatic N) is 2. The summed E-state index contributed by atoms with van der Waals surface area (Å²) in [7, 11) is 7.35. The van der Waals surface area contributed by atoms with Crippen LogP contribution in [0.4, 0.5) is 0 Å². The number of ether oxygens (including phenoxy) is 6. The molecule has 1 aliphatic heterocycles. The number of carbonyl (C=O) groups is 1. The topological polar surface area (TPSA) is 97.7 Å². The Morgan fingerprint density at radius 1 is 0.861 bits per heavy atom. The number of carbonyl (C=O) groups excluding carboxylic acids is 1. The van der Waals surface area contributed by atoms with Gasteiger partial charge in [0.15, 0.2) is 28.7 Å². The predicted molar refractivity (Wildman–Crippen MR) is 138 cm³/mol. The number of pyridine rings is 1. The number of morpholine rings is 1. The van der Waals surface area contributed by atoms with Crippen LogP contribution in [0, 0.1) is 0 Å². The van der Waals surface area contributed by atoms with Gasteiger partial charge in [0, 0.05) is 10.9 Å². The molecule has 0 amide bonds. The molecule has 0 N–H and O–H groups in total. The Kier molecular flexibility index (Phi) is 7.60. The Morgan fingerprint density at radius 2 is 1.47 bits per heavy atom. The van der Waals surface area contributed by atoms with Crippen molar-refractivity contribution in [3.05, 3.63) is 44.8 Å². The van der Waals surface area contributed by atoms with Gasteiger partial charge in [-0.05, 0) is 45.8 Å². The fraction of sp³-hybridized carbons (Fsp3) is 0.360. The monoisotopic (exact) mass is 562 g/mol. The van der Waals surface area contributed by atoms with Crippen LogP contribution in [0.3, 0.4) is 0 Å². The average Bonchev–Trinajstić information content (AvgIpc) is 2.91. The number of esters is 1. The second-order valence-electron chi connectivity index (χ2n) is 7.84. The van der Waals surface area contributed by atoms with Crippen molar-refractivity contribution in [3.8, 4) is 34.1 Å². The molecule has 0 saturated carbocycles. The molecule has 2 heterocycles. The second kappa shape index (κ2) is 10.7. The van der Waals surface area contributed by atoms with Crippen LogP contribution in [-0.4, -0.2) is 72.5 Å². The van der Waals surface area contributed by atoms with Gasteiger partial charge >= 0.3 is 5.97 Å². The van der Waals surface area contributed by atoms with Gasteiger partial charge < -0.3 is 33.4 Å². The van der Waals surface area contributed by atoms with E-state index in [4.69, 9.17) is 28.4 Å². The lowest BCUT2D eigenvalue weighted by Gasteiger charge is -2.33. The van der Waals surface area contributed by atoms with Crippen LogP contribution in [0.5, 0.6) is 23.0 Å². The first-order chi connectivity index (χ1) is 17.4. The molecule has 1 fully saturated rings. The zero-order valence-electron chi connectivity index (χ0n) is 20.7. The van der Waals surface area contributed by atoms with Crippen molar-refractivity contribution >= 4 is 32.7 Å². The summed E-state index contributed by atoms with van der Waals surface area (Å²) in [6.45, 7) is 1.65. The molecule has 1 aromatic heterocycles. The Labute approximate surface area is 216 Å². The molecule has 0 bridgehead atoms. The molecule has 36 heavy (non-hydrogen) atoms. The summed E-state index contributed by atoms with van der Waals surface area (Å²) in [6, 6.07) is 6.85. The number of fused-ring (bicyclic) bond motifs is 1. The van der Waals surface area contributed by atoms with Crippen LogP contribution in [-0.2, 0) is 9.47 Å². The Bertz CT molecular complexity index is 1360. The molecule has 0 atom stereocenters. The summed E-state index contributed by atoms with van der Waals surface area (Å²) >= 11 is 3.54. The summed E-state index contributed by atoms with van der Waals surface area (Å²) in [5.41, 5.74) is 0.740. The van der Waals surface area contributed by atoms with Crippen LogP contribution in [0.25, 0.3) is 21.9 Å². The van der Waals surface area contributed by atoms with E-state index in [1.807, 2.05) is 0 Å². The standard InChI is InChI=1S/C25H27BrN2O8/c1-31-18-12-15-16(13-19(18)32-2)24(29)28(27-6-8-36-9-7-27)22(25(30)35-5)21(15)14-10-17(26)23(34-4)20(11-14)33-3/h10-13H,6-9H2,1-5H3. The molecule has 10 nitrogen and oxygen atoms in total. The Morgan fingerprint density at radius 3 is 2.03 bits per heavy atom. The maximum Gasteiger partial charge on any atom is 0.357 e. The highest BCUT2D eigenvalue weighted by atomic mass is 79.9. The first-order valence-corrected chi connectivity index (χ1v) is 11.9. The van der Waals surface area contributed by atoms with Gasteiger partial charge in [-0.3, -0.25) is 4.79 Å². The van der Waals surface area contributed by atoms with Gasteiger partial charge in [-0.1, -0.05) is 0 Å². The molecule has 192 valence electrons. The molecule has 11 heteroatoms. The number of rotatable bonds is 7. The van der Waals surface area contributed by atoms with Gasteiger partial charge in [-0.25, -0.2) is 9.47 Å². The summed E-state index contributed by atoms with van der Waals surface area (Å²) in [6.07, 6.45) is 0. The zero-order valence-corrected chi connectivity index (χ0v) is 22.3. The SMILES string of the molecule is COC(=O)c1c(-c2cc(Br)c(OC)c(OC)c2)c2cc(OC)c(OC)cc2c(=O)n1N1CCOCC1. The van der Waals surface area contributed by atoms with Crippen molar-refractivity contribution in [1.29, 1.82) is 0 Å². The van der Waals surface area contributed by atoms with Crippen molar-refractivity contribution in [2.75, 3.05) is 66.9 Å². The van der Waals surface area contributed by atoms with Crippen molar-refractivity contribution in [2.24, 2.45) is 0 Å². The molecule has 0 radical (unpaired) electrons. The highest BCUT2D eigenvalue weighted by molar-refractivity contribution is 9.10. The normalized spacial score (nSPS) is 13.4. The summed E-state index contributed by atoms with van der Waals surface area (Å²) < 4.78 is 34.7. The highest BCUT2D eigenvalue weighted by Crippen LogP contribution is 2.43. The van der Waals surface area contributed by atoms with E-state index in [-0.39, 0.29) is 5.69 Å². The molecular weight excluding hydrogens is 536 g/mol. The Hall–Kier alpha value is -3.44. The number of methoxy groups -OCH3 is 5. The average molecular weight is 563 g/mol. The van der Waals surface area contributed by atoms with Crippen molar-refractivity contribution in [1.82, 2.24) is 4.68 Å². The van der Waals surface area contributed by atoms with E-state index >= 15 is 0 Å². The molecule has 4 rings (SSSR count). The van der Waals surface area contributed by atoms with Crippen molar-refractivity contribution in [2.45, 2.75) is 0 Å². The van der Waals surface area contributed by atoms with Gasteiger partial charge in [0.05, 0.1) is 71.7 Å². The third-order valence-electron chi connectivity index (χ3n) is 6.04. The molecule has 0 aliphatic carbocycles. The van der Waals surface area contributed by atoms with Gasteiger partial charge in [0.25, 0.3) is 5.56 Å². The molecule has 1 saturated heterocycles. The molecular formula is C25H27BrN2O8. The van der Waals surface area contributed by atoms with Gasteiger partial charge in [-0.15, -0.1) is 0 Å². The van der Waals surface area contributed by atoms with Crippen LogP contribution in [0.2, 0.25) is 0 Å². The lowest BCUT2D eigenvalue weighted by Crippen LogP contribution is -2.51. The number of hydrogen-bond donors (Lipinski definition) is 0. The smallest absolute Gasteiger partial charge is 0.357 e. The lowest BCUT2D eigenvalue weighted by molar-refractivity contribution is 0.0580. The number of aromatic nitrogens is 1. The van der Waals surface area contributed by atoms with E-state index in [1.54, 1.807) is 29.3 Å². The summed E-state index contributed by atoms with van der Waals surface area (Å²) in [5, 5.41) is 2.61. The molecule has 3 aromatic rings. The maximum absolute atomic E-state index is 13.9. The van der Waals surface area contributed by atoms with Gasteiger partial charge in [-0.2, -0.15) is 0 Å². The third kappa shape index (κ3) is 4.33. The lowest BCUT2D eigenvalue weighted by atomic mass is 9.96. The maximum atomic E-state index is 13.9. The number of hydrogen-bond acceptors (Lipinski definition) is 9. The highest BCUT2D eigenvalue weighted by Gasteiger charge is 2.30. The first-order valence-electron chi connectivity index (χ1n) is 11.1. The fourth-order valence-electron chi connectivity index (χ4n) is 4.38. The van der Waals surface area contributed by atoms with Crippen molar-refractivity contribution in [3.63, 3.8) is 0 Å². The molecule has 2 aromatic carbocycles. The van der Waals surface area contributed by atoms with E-state index in [1.165, 1.54) is 40.2 Å². The van der Waals surface area contributed by atoms with Gasteiger partial charge in [0.1, 0.15) is 0 Å². The first kappa shape index (κ1) is 25.6. The largest absolute Gasteiger partial charge is 0.493 e. The quantitative estimate of drug-likeness (QED) is 0.402. The van der Waals surface area contributed by atoms with E-state index in [0.29, 0.717) is 75.7 Å². The van der Waals surface area contributed by atoms with E-state index in [2.05, 4.69) is 15.9 Å². The van der Waals surface area contributed by atoms with Crippen LogP contribution in [0.15, 0.2) is 33.5 Å². The minimum Gasteiger partial charge on any atom is -0.493 e. The third-order valence-corrected chi connectivity index (χ3v) is 6.62. The minimum absolute atomic E-state index is 0.0724. The number of benzene rings is 2.